The molecule has 0 radical (unpaired) electrons. The van der Waals surface area contributed by atoms with Crippen LogP contribution in [0.15, 0.2) is 70.6 Å². The van der Waals surface area contributed by atoms with Crippen molar-refractivity contribution in [1.29, 1.82) is 0 Å². The van der Waals surface area contributed by atoms with Crippen molar-refractivity contribution in [2.45, 2.75) is 24.5 Å². The van der Waals surface area contributed by atoms with Gasteiger partial charge in [0.25, 0.3) is 0 Å². The molecule has 0 amide bonds. The summed E-state index contributed by atoms with van der Waals surface area (Å²) in [6.45, 7) is 4.72. The summed E-state index contributed by atoms with van der Waals surface area (Å²) in [5.41, 5.74) is 6.04. The number of hydrogen-bond donors (Lipinski definition) is 0. The van der Waals surface area contributed by atoms with Crippen LogP contribution in [0.1, 0.15) is 35.6 Å². The van der Waals surface area contributed by atoms with E-state index < -0.39 is 17.4 Å². The van der Waals surface area contributed by atoms with Crippen LogP contribution >= 0.6 is 0 Å². The van der Waals surface area contributed by atoms with Crippen LogP contribution < -0.4 is 10.2 Å². The molecule has 0 aliphatic heterocycles. The molecule has 0 unspecified atom stereocenters. The molecule has 2 aliphatic rings. The van der Waals surface area contributed by atoms with Gasteiger partial charge >= 0.3 is 139 Å². The first kappa shape index (κ1) is 20.7. The quantitative estimate of drug-likeness (QED) is 0.748. The third-order valence-electron chi connectivity index (χ3n) is 4.78. The van der Waals surface area contributed by atoms with Crippen molar-refractivity contribution in [2.75, 3.05) is 14.2 Å². The van der Waals surface area contributed by atoms with Gasteiger partial charge in [0.05, 0.1) is 0 Å². The molecule has 0 bridgehead atoms. The molecule has 2 aromatic rings. The first-order valence-electron chi connectivity index (χ1n) is 8.80. The maximum absolute atomic E-state index is 8.25. The van der Waals surface area contributed by atoms with E-state index in [9.17, 15) is 0 Å². The fourth-order valence-electron chi connectivity index (χ4n) is 3.91. The molecule has 0 spiro atoms. The van der Waals surface area contributed by atoms with Crippen molar-refractivity contribution >= 4 is 3.81 Å². The average Bonchev–Trinajstić information content (AvgIpc) is 3.33. The van der Waals surface area contributed by atoms with Crippen LogP contribution in [0.3, 0.4) is 0 Å². The van der Waals surface area contributed by atoms with Gasteiger partial charge in [-0.15, -0.1) is 0 Å². The summed E-state index contributed by atoms with van der Waals surface area (Å²) in [6, 6.07) is 18.1. The van der Waals surface area contributed by atoms with Crippen molar-refractivity contribution in [2.24, 2.45) is 0 Å². The van der Waals surface area contributed by atoms with Gasteiger partial charge in [-0.25, -0.2) is 0 Å². The molecule has 134 valence electrons. The van der Waals surface area contributed by atoms with Crippen LogP contribution in [0.4, 0.5) is 0 Å². The molecule has 0 saturated carbocycles. The van der Waals surface area contributed by atoms with Gasteiger partial charge in [-0.3, -0.25) is 0 Å². The molecule has 2 aliphatic carbocycles. The summed E-state index contributed by atoms with van der Waals surface area (Å²) in [5.74, 6) is 0. The Morgan fingerprint density at radius 3 is 1.77 bits per heavy atom. The normalized spacial score (nSPS) is 13.2. The zero-order valence-corrected chi connectivity index (χ0v) is 17.5. The van der Waals surface area contributed by atoms with E-state index in [1.54, 1.807) is 18.8 Å². The molecule has 0 atom stereocenters. The van der Waals surface area contributed by atoms with Crippen molar-refractivity contribution in [3.8, 4) is 11.1 Å². The van der Waals surface area contributed by atoms with E-state index in [2.05, 4.69) is 80.6 Å². The minimum Gasteiger partial charge on any atom is -0.857 e. The predicted molar refractivity (Wildman–Crippen MR) is 104 cm³/mol. The van der Waals surface area contributed by atoms with Crippen molar-refractivity contribution in [1.82, 2.24) is 0 Å². The van der Waals surface area contributed by atoms with Gasteiger partial charge in [0, 0.05) is 0 Å². The molecule has 0 aromatic heterocycles. The maximum Gasteiger partial charge on any atom is -0.153 e. The number of rotatable bonds is 2. The summed E-state index contributed by atoms with van der Waals surface area (Å²) < 4.78 is 4.02. The van der Waals surface area contributed by atoms with Crippen LogP contribution in [0.25, 0.3) is 11.1 Å². The topological polar surface area (TPSA) is 46.1 Å². The Kier molecular flexibility index (Phi) is 7.93. The van der Waals surface area contributed by atoms with E-state index in [1.807, 2.05) is 0 Å². The molecule has 2 nitrogen and oxygen atoms in total. The Hall–Kier alpha value is -1.58. The van der Waals surface area contributed by atoms with E-state index in [1.165, 1.54) is 17.5 Å². The second-order valence-electron chi connectivity index (χ2n) is 6.35. The average molecular weight is 382 g/mol. The van der Waals surface area contributed by atoms with Crippen LogP contribution in [0.5, 0.6) is 0 Å². The molecule has 3 heteroatoms. The number of hydrogen-bond acceptors (Lipinski definition) is 2. The first-order valence-corrected chi connectivity index (χ1v) is 11.3. The molecule has 0 fully saturated rings. The van der Waals surface area contributed by atoms with Gasteiger partial charge in [0.2, 0.25) is 0 Å². The molecular weight excluding hydrogens is 356 g/mol. The Morgan fingerprint density at radius 1 is 0.846 bits per heavy atom. The zero-order chi connectivity index (χ0) is 19.1. The van der Waals surface area contributed by atoms with Crippen LogP contribution in [0.2, 0.25) is 0 Å². The van der Waals surface area contributed by atoms with Gasteiger partial charge in [-0.1, -0.05) is 0 Å². The Balaban J connectivity index is 0.000000570. The molecule has 0 heterocycles. The molecule has 2 aromatic carbocycles. The zero-order valence-electron chi connectivity index (χ0n) is 16.0. The second kappa shape index (κ2) is 9.94. The minimum absolute atomic E-state index is 0.628. The molecule has 4 rings (SSSR count). The fraction of sp³-hybridized carbons (Fsp3) is 0.261. The summed E-state index contributed by atoms with van der Waals surface area (Å²) in [4.78, 5) is 0. The van der Waals surface area contributed by atoms with Gasteiger partial charge in [0.1, 0.15) is 0 Å². The number of allylic oxidation sites excluding steroid dienone is 4. The van der Waals surface area contributed by atoms with Crippen molar-refractivity contribution < 1.29 is 27.6 Å². The van der Waals surface area contributed by atoms with E-state index in [4.69, 9.17) is 10.2 Å². The Morgan fingerprint density at radius 2 is 1.35 bits per heavy atom. The van der Waals surface area contributed by atoms with Crippen molar-refractivity contribution in [3.63, 3.8) is 0 Å². The summed E-state index contributed by atoms with van der Waals surface area (Å²) in [6.07, 6.45) is 8.13. The first-order chi connectivity index (χ1) is 12.8. The molecule has 0 saturated heterocycles. The molecular formula is C23H26O2Ti. The maximum atomic E-state index is 8.25. The van der Waals surface area contributed by atoms with E-state index in [0.29, 0.717) is 4.22 Å². The van der Waals surface area contributed by atoms with Gasteiger partial charge in [0.15, 0.2) is 0 Å². The SMILES string of the molecule is C[C](C)=[Ti+2]([C]1=CC=CC1)[CH]1c2ccccc2-c2ccccc21.C[O-].C[O-]. The monoisotopic (exact) mass is 382 g/mol. The van der Waals surface area contributed by atoms with E-state index in [0.717, 1.165) is 14.2 Å². The van der Waals surface area contributed by atoms with Crippen molar-refractivity contribution in [3.05, 3.63) is 81.8 Å². The standard InChI is InChI=1S/C13H9.C5H5.C3H6.2CH3O.Ti/c1-3-7-12-10(5-1)9-11-6-2-4-8-13(11)12;1-2-4-5-3-1;1-3-2;2*1-2;/h1-9H;1-3H,4H2;1-2H3;2*1H3;/q;;;2*-1;+2. The van der Waals surface area contributed by atoms with Crippen LogP contribution in [-0.2, 0) is 17.4 Å². The van der Waals surface area contributed by atoms with E-state index >= 15 is 0 Å². The number of fused-ring (bicyclic) bond motifs is 3. The largest absolute Gasteiger partial charge is 0.857 e. The fourth-order valence-corrected chi connectivity index (χ4v) is 9.11. The Labute approximate surface area is 162 Å². The second-order valence-corrected chi connectivity index (χ2v) is 11.1. The van der Waals surface area contributed by atoms with Crippen LogP contribution in [0, 0.1) is 0 Å². The predicted octanol–water partition coefficient (Wildman–Crippen LogP) is 3.38. The third kappa shape index (κ3) is 3.89. The van der Waals surface area contributed by atoms with Gasteiger partial charge in [-0.2, -0.15) is 14.2 Å². The van der Waals surface area contributed by atoms with E-state index in [-0.39, 0.29) is 0 Å². The third-order valence-corrected chi connectivity index (χ3v) is 9.99. The van der Waals surface area contributed by atoms with Gasteiger partial charge < -0.3 is 10.2 Å². The number of benzene rings is 2. The van der Waals surface area contributed by atoms with Gasteiger partial charge in [-0.05, 0) is 0 Å². The summed E-state index contributed by atoms with van der Waals surface area (Å²) in [5, 5.41) is 16.5. The summed E-state index contributed by atoms with van der Waals surface area (Å²) in [7, 11) is 1.50. The smallest absolute Gasteiger partial charge is 0.153 e. The summed E-state index contributed by atoms with van der Waals surface area (Å²) >= 11 is -1.50. The van der Waals surface area contributed by atoms with Crippen LogP contribution in [-0.4, -0.2) is 18.0 Å². The molecule has 0 N–H and O–H groups in total. The molecule has 26 heavy (non-hydrogen) atoms. The minimum atomic E-state index is -1.50. The Bertz CT molecular complexity index is 797.